The highest BCUT2D eigenvalue weighted by molar-refractivity contribution is 5.95. The van der Waals surface area contributed by atoms with Crippen LogP contribution in [0.15, 0.2) is 30.6 Å². The standard InChI is InChI=1S/C22H25N5O2/c1-5-26(6-2)21(28)19-13-24-27(14(19)3)22-23-12-16-8-7-15-11-17(29-4)9-10-18(15)20(16)25-22/h9-13H,5-8H2,1-4H3. The van der Waals surface area contributed by atoms with Crippen molar-refractivity contribution in [2.75, 3.05) is 20.2 Å². The Hall–Kier alpha value is -3.22. The Morgan fingerprint density at radius 3 is 2.66 bits per heavy atom. The first-order valence-electron chi connectivity index (χ1n) is 9.94. The second-order valence-corrected chi connectivity index (χ2v) is 7.10. The number of methoxy groups -OCH3 is 1. The van der Waals surface area contributed by atoms with Crippen molar-refractivity contribution >= 4 is 5.91 Å². The maximum atomic E-state index is 12.7. The van der Waals surface area contributed by atoms with E-state index in [4.69, 9.17) is 9.72 Å². The van der Waals surface area contributed by atoms with E-state index in [1.54, 1.807) is 22.9 Å². The molecule has 29 heavy (non-hydrogen) atoms. The Balaban J connectivity index is 1.74. The van der Waals surface area contributed by atoms with Crippen molar-refractivity contribution in [1.29, 1.82) is 0 Å². The summed E-state index contributed by atoms with van der Waals surface area (Å²) < 4.78 is 7.00. The highest BCUT2D eigenvalue weighted by Crippen LogP contribution is 2.34. The highest BCUT2D eigenvalue weighted by atomic mass is 16.5. The molecule has 0 N–H and O–H groups in total. The number of carbonyl (C=O) groups excluding carboxylic acids is 1. The molecule has 7 heteroatoms. The third-order valence-corrected chi connectivity index (χ3v) is 5.56. The molecule has 150 valence electrons. The largest absolute Gasteiger partial charge is 0.497 e. The van der Waals surface area contributed by atoms with Crippen LogP contribution in [0.2, 0.25) is 0 Å². The number of benzene rings is 1. The molecule has 0 saturated carbocycles. The Morgan fingerprint density at radius 1 is 1.17 bits per heavy atom. The second-order valence-electron chi connectivity index (χ2n) is 7.10. The molecular formula is C22H25N5O2. The normalized spacial score (nSPS) is 12.3. The molecule has 7 nitrogen and oxygen atoms in total. The first kappa shape index (κ1) is 19.1. The predicted molar refractivity (Wildman–Crippen MR) is 111 cm³/mol. The van der Waals surface area contributed by atoms with Crippen LogP contribution in [0.25, 0.3) is 17.2 Å². The fourth-order valence-corrected chi connectivity index (χ4v) is 3.82. The summed E-state index contributed by atoms with van der Waals surface area (Å²) in [5, 5.41) is 4.41. The van der Waals surface area contributed by atoms with Gasteiger partial charge in [-0.05, 0) is 62.9 Å². The lowest BCUT2D eigenvalue weighted by Gasteiger charge is -2.20. The molecule has 0 bridgehead atoms. The van der Waals surface area contributed by atoms with Crippen LogP contribution >= 0.6 is 0 Å². The number of hydrogen-bond donors (Lipinski definition) is 0. The minimum Gasteiger partial charge on any atom is -0.497 e. The van der Waals surface area contributed by atoms with E-state index in [1.165, 1.54) is 5.56 Å². The lowest BCUT2D eigenvalue weighted by Crippen LogP contribution is -2.30. The van der Waals surface area contributed by atoms with E-state index in [0.29, 0.717) is 24.6 Å². The van der Waals surface area contributed by atoms with Crippen molar-refractivity contribution in [2.24, 2.45) is 0 Å². The number of fused-ring (bicyclic) bond motifs is 3. The van der Waals surface area contributed by atoms with Gasteiger partial charge in [0.05, 0.1) is 30.3 Å². The molecule has 1 aromatic carbocycles. The molecule has 0 saturated heterocycles. The van der Waals surface area contributed by atoms with Crippen molar-refractivity contribution in [1.82, 2.24) is 24.6 Å². The second kappa shape index (κ2) is 7.66. The smallest absolute Gasteiger partial charge is 0.257 e. The van der Waals surface area contributed by atoms with Gasteiger partial charge >= 0.3 is 0 Å². The summed E-state index contributed by atoms with van der Waals surface area (Å²) in [5.41, 5.74) is 5.69. The van der Waals surface area contributed by atoms with Crippen LogP contribution < -0.4 is 4.74 Å². The zero-order valence-corrected chi connectivity index (χ0v) is 17.3. The zero-order valence-electron chi connectivity index (χ0n) is 17.3. The van der Waals surface area contributed by atoms with Gasteiger partial charge in [-0.25, -0.2) is 14.6 Å². The number of amides is 1. The Bertz CT molecular complexity index is 1070. The minimum absolute atomic E-state index is 0.0193. The summed E-state index contributed by atoms with van der Waals surface area (Å²) in [4.78, 5) is 23.9. The van der Waals surface area contributed by atoms with Gasteiger partial charge in [-0.1, -0.05) is 0 Å². The van der Waals surface area contributed by atoms with Crippen LogP contribution in [0, 0.1) is 6.92 Å². The van der Waals surface area contributed by atoms with Crippen molar-refractivity contribution in [2.45, 2.75) is 33.6 Å². The molecule has 3 aromatic rings. The van der Waals surface area contributed by atoms with Gasteiger partial charge in [0, 0.05) is 24.8 Å². The van der Waals surface area contributed by atoms with E-state index in [-0.39, 0.29) is 5.91 Å². The number of ether oxygens (including phenoxy) is 1. The summed E-state index contributed by atoms with van der Waals surface area (Å²) in [5.74, 6) is 1.31. The molecule has 0 spiro atoms. The molecular weight excluding hydrogens is 366 g/mol. The quantitative estimate of drug-likeness (QED) is 0.668. The van der Waals surface area contributed by atoms with E-state index in [1.807, 2.05) is 39.1 Å². The van der Waals surface area contributed by atoms with Gasteiger partial charge in [0.2, 0.25) is 0 Å². The maximum Gasteiger partial charge on any atom is 0.257 e. The van der Waals surface area contributed by atoms with Crippen LogP contribution in [-0.2, 0) is 12.8 Å². The molecule has 0 aliphatic heterocycles. The third kappa shape index (κ3) is 3.26. The van der Waals surface area contributed by atoms with Gasteiger partial charge in [-0.15, -0.1) is 0 Å². The van der Waals surface area contributed by atoms with E-state index in [9.17, 15) is 4.79 Å². The van der Waals surface area contributed by atoms with E-state index < -0.39 is 0 Å². The van der Waals surface area contributed by atoms with Crippen LogP contribution in [-0.4, -0.2) is 50.8 Å². The predicted octanol–water partition coefficient (Wildman–Crippen LogP) is 3.23. The first-order valence-corrected chi connectivity index (χ1v) is 9.94. The van der Waals surface area contributed by atoms with Gasteiger partial charge < -0.3 is 9.64 Å². The summed E-state index contributed by atoms with van der Waals surface area (Å²) in [6, 6.07) is 6.07. The minimum atomic E-state index is -0.0193. The topological polar surface area (TPSA) is 73.1 Å². The fourth-order valence-electron chi connectivity index (χ4n) is 3.82. The summed E-state index contributed by atoms with van der Waals surface area (Å²) >= 11 is 0. The van der Waals surface area contributed by atoms with Crippen LogP contribution in [0.5, 0.6) is 5.75 Å². The van der Waals surface area contributed by atoms with Crippen molar-refractivity contribution < 1.29 is 9.53 Å². The van der Waals surface area contributed by atoms with Crippen LogP contribution in [0.4, 0.5) is 0 Å². The Morgan fingerprint density at radius 2 is 1.93 bits per heavy atom. The van der Waals surface area contributed by atoms with E-state index >= 15 is 0 Å². The lowest BCUT2D eigenvalue weighted by molar-refractivity contribution is 0.0772. The highest BCUT2D eigenvalue weighted by Gasteiger charge is 2.23. The summed E-state index contributed by atoms with van der Waals surface area (Å²) in [6.07, 6.45) is 5.31. The number of rotatable bonds is 5. The molecule has 0 atom stereocenters. The maximum absolute atomic E-state index is 12.7. The van der Waals surface area contributed by atoms with Crippen molar-refractivity contribution in [3.8, 4) is 23.0 Å². The third-order valence-electron chi connectivity index (χ3n) is 5.56. The average molecular weight is 391 g/mol. The fraction of sp³-hybridized carbons (Fsp3) is 0.364. The zero-order chi connectivity index (χ0) is 20.5. The van der Waals surface area contributed by atoms with Crippen LogP contribution in [0.3, 0.4) is 0 Å². The molecule has 0 unspecified atom stereocenters. The molecule has 4 rings (SSSR count). The SMILES string of the molecule is CCN(CC)C(=O)c1cnn(-c2ncc3c(n2)-c2ccc(OC)cc2CC3)c1C. The summed E-state index contributed by atoms with van der Waals surface area (Å²) in [6.45, 7) is 7.15. The van der Waals surface area contributed by atoms with Gasteiger partial charge in [-0.3, -0.25) is 4.79 Å². The number of aromatic nitrogens is 4. The molecule has 2 aromatic heterocycles. The van der Waals surface area contributed by atoms with Gasteiger partial charge in [0.15, 0.2) is 0 Å². The van der Waals surface area contributed by atoms with E-state index in [0.717, 1.165) is 41.1 Å². The number of aryl methyl sites for hydroxylation is 2. The molecule has 0 radical (unpaired) electrons. The molecule has 1 aliphatic rings. The number of nitrogens with zero attached hydrogens (tertiary/aromatic N) is 5. The van der Waals surface area contributed by atoms with E-state index in [2.05, 4.69) is 16.1 Å². The van der Waals surface area contributed by atoms with Crippen molar-refractivity contribution in [3.05, 3.63) is 53.0 Å². The van der Waals surface area contributed by atoms with Crippen LogP contribution in [0.1, 0.15) is 41.0 Å². The summed E-state index contributed by atoms with van der Waals surface area (Å²) in [7, 11) is 1.68. The first-order chi connectivity index (χ1) is 14.1. The Kier molecular flexibility index (Phi) is 5.05. The number of hydrogen-bond acceptors (Lipinski definition) is 5. The van der Waals surface area contributed by atoms with Gasteiger partial charge in [0.1, 0.15) is 5.75 Å². The molecule has 1 amide bonds. The lowest BCUT2D eigenvalue weighted by atomic mass is 9.90. The van der Waals surface area contributed by atoms with Gasteiger partial charge in [0.25, 0.3) is 11.9 Å². The Labute approximate surface area is 170 Å². The molecule has 1 aliphatic carbocycles. The average Bonchev–Trinajstić information content (AvgIpc) is 3.14. The molecule has 2 heterocycles. The van der Waals surface area contributed by atoms with Gasteiger partial charge in [-0.2, -0.15) is 5.10 Å². The van der Waals surface area contributed by atoms with Crippen molar-refractivity contribution in [3.63, 3.8) is 0 Å². The monoisotopic (exact) mass is 391 g/mol. The number of carbonyl (C=O) groups is 1. The molecule has 0 fully saturated rings.